The van der Waals surface area contributed by atoms with Crippen LogP contribution in [0.2, 0.25) is 5.15 Å². The molecule has 0 atom stereocenters. The smallest absolute Gasteiger partial charge is 0.257 e. The number of aromatic nitrogens is 2. The Labute approximate surface area is 79.4 Å². The maximum Gasteiger partial charge on any atom is 0.257 e. The first-order valence-electron chi connectivity index (χ1n) is 3.82. The van der Waals surface area contributed by atoms with Gasteiger partial charge in [0.25, 0.3) is 5.56 Å². The lowest BCUT2D eigenvalue weighted by atomic mass is 10.1. The quantitative estimate of drug-likeness (QED) is 0.651. The van der Waals surface area contributed by atoms with Crippen molar-refractivity contribution in [2.75, 3.05) is 0 Å². The lowest BCUT2D eigenvalue weighted by Crippen LogP contribution is -2.06. The summed E-state index contributed by atoms with van der Waals surface area (Å²) in [6, 6.07) is 1.70. The van der Waals surface area contributed by atoms with E-state index in [1.165, 1.54) is 6.20 Å². The molecule has 3 nitrogen and oxygen atoms in total. The number of nitrogens with zero attached hydrogens (tertiary/aromatic N) is 1. The van der Waals surface area contributed by atoms with E-state index in [1.54, 1.807) is 12.3 Å². The summed E-state index contributed by atoms with van der Waals surface area (Å²) in [6.45, 7) is 1.91. The Morgan fingerprint density at radius 2 is 2.23 bits per heavy atom. The van der Waals surface area contributed by atoms with Gasteiger partial charge in [0.1, 0.15) is 5.15 Å². The fourth-order valence-electron chi connectivity index (χ4n) is 1.27. The van der Waals surface area contributed by atoms with Crippen LogP contribution in [0.1, 0.15) is 5.56 Å². The summed E-state index contributed by atoms with van der Waals surface area (Å²) >= 11 is 5.72. The molecule has 2 aromatic heterocycles. The summed E-state index contributed by atoms with van der Waals surface area (Å²) in [7, 11) is 0. The zero-order chi connectivity index (χ0) is 9.42. The van der Waals surface area contributed by atoms with E-state index in [9.17, 15) is 4.79 Å². The van der Waals surface area contributed by atoms with Crippen molar-refractivity contribution in [1.29, 1.82) is 0 Å². The molecule has 0 amide bonds. The molecule has 0 bridgehead atoms. The zero-order valence-corrected chi connectivity index (χ0v) is 7.72. The number of halogens is 1. The number of hydrogen-bond acceptors (Lipinski definition) is 2. The van der Waals surface area contributed by atoms with Crippen LogP contribution in [0.3, 0.4) is 0 Å². The summed E-state index contributed by atoms with van der Waals surface area (Å²) in [5, 5.41) is 1.83. The van der Waals surface area contributed by atoms with E-state index >= 15 is 0 Å². The molecular formula is C9H7ClN2O. The summed E-state index contributed by atoms with van der Waals surface area (Å²) in [5.74, 6) is 0. The van der Waals surface area contributed by atoms with E-state index < -0.39 is 0 Å². The Morgan fingerprint density at radius 3 is 3.00 bits per heavy atom. The molecule has 0 saturated heterocycles. The second-order valence-corrected chi connectivity index (χ2v) is 3.24. The predicted octanol–water partition coefficient (Wildman–Crippen LogP) is 1.88. The first-order chi connectivity index (χ1) is 6.18. The summed E-state index contributed by atoms with van der Waals surface area (Å²) < 4.78 is 0. The van der Waals surface area contributed by atoms with Crippen LogP contribution in [0.15, 0.2) is 23.3 Å². The molecule has 0 aliphatic carbocycles. The maximum atomic E-state index is 11.3. The first kappa shape index (κ1) is 8.26. The topological polar surface area (TPSA) is 45.8 Å². The highest BCUT2D eigenvalue weighted by Crippen LogP contribution is 2.16. The van der Waals surface area contributed by atoms with Gasteiger partial charge in [-0.1, -0.05) is 11.6 Å². The van der Waals surface area contributed by atoms with E-state index in [0.717, 1.165) is 10.9 Å². The predicted molar refractivity (Wildman–Crippen MR) is 52.1 cm³/mol. The first-order valence-corrected chi connectivity index (χ1v) is 4.20. The number of aromatic amines is 1. The summed E-state index contributed by atoms with van der Waals surface area (Å²) in [4.78, 5) is 17.8. The van der Waals surface area contributed by atoms with E-state index in [4.69, 9.17) is 11.6 Å². The lowest BCUT2D eigenvalue weighted by molar-refractivity contribution is 1.22. The van der Waals surface area contributed by atoms with Gasteiger partial charge in [-0.15, -0.1) is 0 Å². The molecule has 0 saturated carbocycles. The molecule has 0 aromatic carbocycles. The Morgan fingerprint density at radius 1 is 1.46 bits per heavy atom. The van der Waals surface area contributed by atoms with Gasteiger partial charge in [0, 0.05) is 12.4 Å². The fourth-order valence-corrected chi connectivity index (χ4v) is 1.42. The van der Waals surface area contributed by atoms with Crippen LogP contribution in [0, 0.1) is 6.92 Å². The molecule has 66 valence electrons. The molecule has 2 rings (SSSR count). The zero-order valence-electron chi connectivity index (χ0n) is 6.97. The van der Waals surface area contributed by atoms with Crippen LogP contribution in [-0.2, 0) is 0 Å². The van der Waals surface area contributed by atoms with Crippen LogP contribution < -0.4 is 5.56 Å². The molecule has 0 spiro atoms. The standard InChI is InChI=1S/C9H7ClN2O/c1-5-3-12-9(13)7-4-11-8(10)2-6(5)7/h2-4H,1H3,(H,12,13). The molecule has 4 heteroatoms. The normalized spacial score (nSPS) is 10.6. The Balaban J connectivity index is 3.01. The summed E-state index contributed by atoms with van der Waals surface area (Å²) in [5.41, 5.74) is 0.851. The van der Waals surface area contributed by atoms with Crippen molar-refractivity contribution in [3.8, 4) is 0 Å². The van der Waals surface area contributed by atoms with Gasteiger partial charge in [0.2, 0.25) is 0 Å². The van der Waals surface area contributed by atoms with Crippen LogP contribution >= 0.6 is 11.6 Å². The number of H-pyrrole nitrogens is 1. The number of fused-ring (bicyclic) bond motifs is 1. The number of nitrogens with one attached hydrogen (secondary N) is 1. The maximum absolute atomic E-state index is 11.3. The second kappa shape index (κ2) is 2.85. The largest absolute Gasteiger partial charge is 0.328 e. The molecule has 1 N–H and O–H groups in total. The molecule has 0 radical (unpaired) electrons. The number of hydrogen-bond donors (Lipinski definition) is 1. The highest BCUT2D eigenvalue weighted by atomic mass is 35.5. The van der Waals surface area contributed by atoms with Crippen molar-refractivity contribution in [2.24, 2.45) is 0 Å². The fraction of sp³-hybridized carbons (Fsp3) is 0.111. The molecule has 0 fully saturated rings. The monoisotopic (exact) mass is 194 g/mol. The van der Waals surface area contributed by atoms with Gasteiger partial charge in [-0.05, 0) is 23.9 Å². The van der Waals surface area contributed by atoms with Gasteiger partial charge < -0.3 is 4.98 Å². The minimum absolute atomic E-state index is 0.134. The molecule has 2 heterocycles. The van der Waals surface area contributed by atoms with Gasteiger partial charge in [0.15, 0.2) is 0 Å². The van der Waals surface area contributed by atoms with Crippen molar-refractivity contribution < 1.29 is 0 Å². The lowest BCUT2D eigenvalue weighted by Gasteiger charge is -1.99. The third-order valence-corrected chi connectivity index (χ3v) is 2.17. The third-order valence-electron chi connectivity index (χ3n) is 1.96. The molecular weight excluding hydrogens is 188 g/mol. The number of pyridine rings is 2. The number of aryl methyl sites for hydroxylation is 1. The van der Waals surface area contributed by atoms with Gasteiger partial charge in [-0.2, -0.15) is 0 Å². The average molecular weight is 195 g/mol. The molecule has 0 unspecified atom stereocenters. The van der Waals surface area contributed by atoms with Crippen molar-refractivity contribution in [2.45, 2.75) is 6.92 Å². The highest BCUT2D eigenvalue weighted by molar-refractivity contribution is 6.30. The minimum Gasteiger partial charge on any atom is -0.328 e. The highest BCUT2D eigenvalue weighted by Gasteiger charge is 2.02. The van der Waals surface area contributed by atoms with Gasteiger partial charge in [-0.25, -0.2) is 4.98 Å². The Hall–Kier alpha value is -1.35. The second-order valence-electron chi connectivity index (χ2n) is 2.85. The Kier molecular flexibility index (Phi) is 1.81. The van der Waals surface area contributed by atoms with E-state index in [1.807, 2.05) is 6.92 Å². The van der Waals surface area contributed by atoms with Crippen LogP contribution in [0.4, 0.5) is 0 Å². The molecule has 2 aromatic rings. The van der Waals surface area contributed by atoms with Gasteiger partial charge >= 0.3 is 0 Å². The number of rotatable bonds is 0. The van der Waals surface area contributed by atoms with Crippen molar-refractivity contribution in [1.82, 2.24) is 9.97 Å². The molecule has 0 aliphatic rings. The van der Waals surface area contributed by atoms with Gasteiger partial charge in [-0.3, -0.25) is 4.79 Å². The molecule has 0 aliphatic heterocycles. The summed E-state index contributed by atoms with van der Waals surface area (Å²) in [6.07, 6.45) is 3.16. The minimum atomic E-state index is -0.134. The van der Waals surface area contributed by atoms with Crippen molar-refractivity contribution in [3.05, 3.63) is 39.5 Å². The Bertz CT molecular complexity index is 518. The van der Waals surface area contributed by atoms with E-state index in [2.05, 4.69) is 9.97 Å². The van der Waals surface area contributed by atoms with E-state index in [0.29, 0.717) is 10.5 Å². The van der Waals surface area contributed by atoms with Crippen LogP contribution in [0.25, 0.3) is 10.8 Å². The van der Waals surface area contributed by atoms with E-state index in [-0.39, 0.29) is 5.56 Å². The van der Waals surface area contributed by atoms with Crippen molar-refractivity contribution >= 4 is 22.4 Å². The average Bonchev–Trinajstić information content (AvgIpc) is 2.12. The van der Waals surface area contributed by atoms with Crippen LogP contribution in [0.5, 0.6) is 0 Å². The third kappa shape index (κ3) is 1.31. The SMILES string of the molecule is Cc1c[nH]c(=O)c2cnc(Cl)cc12. The molecule has 13 heavy (non-hydrogen) atoms. The van der Waals surface area contributed by atoms with Gasteiger partial charge in [0.05, 0.1) is 5.39 Å². The van der Waals surface area contributed by atoms with Crippen molar-refractivity contribution in [3.63, 3.8) is 0 Å². The van der Waals surface area contributed by atoms with Crippen LogP contribution in [-0.4, -0.2) is 9.97 Å².